The van der Waals surface area contributed by atoms with Crippen molar-refractivity contribution in [1.29, 1.82) is 10.5 Å². The van der Waals surface area contributed by atoms with Gasteiger partial charge in [0.2, 0.25) is 0 Å². The maximum atomic E-state index is 13.1. The summed E-state index contributed by atoms with van der Waals surface area (Å²) in [6.45, 7) is -1.80. The number of rotatable bonds is 4. The number of alkyl halides is 6. The SMILES string of the molecule is N#Cc1ccc(CN(CC(F)(F)F)c2ccc(C#N)c(C(F)(F)F)c2)s1. The number of hydrogen-bond donors (Lipinski definition) is 0. The van der Waals surface area contributed by atoms with Crippen LogP contribution < -0.4 is 4.90 Å². The minimum Gasteiger partial charge on any atom is -0.357 e. The number of nitrogens with zero attached hydrogens (tertiary/aromatic N) is 3. The molecule has 26 heavy (non-hydrogen) atoms. The second-order valence-electron chi connectivity index (χ2n) is 5.19. The van der Waals surface area contributed by atoms with Crippen molar-refractivity contribution in [2.75, 3.05) is 11.4 Å². The smallest absolute Gasteiger partial charge is 0.357 e. The molecule has 0 saturated heterocycles. The summed E-state index contributed by atoms with van der Waals surface area (Å²) < 4.78 is 77.8. The van der Waals surface area contributed by atoms with Gasteiger partial charge < -0.3 is 4.90 Å². The van der Waals surface area contributed by atoms with Gasteiger partial charge in [-0.3, -0.25) is 0 Å². The third-order valence-corrected chi connectivity index (χ3v) is 4.26. The van der Waals surface area contributed by atoms with Gasteiger partial charge in [-0.15, -0.1) is 11.3 Å². The molecule has 0 aliphatic carbocycles. The van der Waals surface area contributed by atoms with Gasteiger partial charge in [0, 0.05) is 10.6 Å². The standard InChI is InChI=1S/C16H9F6N3S/c17-15(18,19)9-25(8-13-4-3-12(7-24)26-13)11-2-1-10(6-23)14(5-11)16(20,21)22/h1-5H,8-9H2. The Morgan fingerprint density at radius 2 is 1.65 bits per heavy atom. The van der Waals surface area contributed by atoms with Gasteiger partial charge in [-0.05, 0) is 30.3 Å². The van der Waals surface area contributed by atoms with Gasteiger partial charge in [0.25, 0.3) is 0 Å². The predicted octanol–water partition coefficient (Wildman–Crippen LogP) is 5.08. The lowest BCUT2D eigenvalue weighted by Crippen LogP contribution is -2.33. The van der Waals surface area contributed by atoms with Crippen molar-refractivity contribution in [2.45, 2.75) is 18.9 Å². The number of halogens is 6. The van der Waals surface area contributed by atoms with E-state index in [1.165, 1.54) is 18.2 Å². The molecule has 0 radical (unpaired) electrons. The van der Waals surface area contributed by atoms with Crippen LogP contribution in [-0.4, -0.2) is 12.7 Å². The van der Waals surface area contributed by atoms with Crippen LogP contribution in [-0.2, 0) is 12.7 Å². The average Bonchev–Trinajstić information content (AvgIpc) is 2.99. The molecule has 0 bridgehead atoms. The van der Waals surface area contributed by atoms with Gasteiger partial charge in [-0.1, -0.05) is 0 Å². The lowest BCUT2D eigenvalue weighted by Gasteiger charge is -2.26. The van der Waals surface area contributed by atoms with Crippen LogP contribution >= 0.6 is 11.3 Å². The van der Waals surface area contributed by atoms with Crippen molar-refractivity contribution in [3.8, 4) is 12.1 Å². The molecule has 0 saturated carbocycles. The summed E-state index contributed by atoms with van der Waals surface area (Å²) in [7, 11) is 0. The number of anilines is 1. The van der Waals surface area contributed by atoms with Crippen LogP contribution in [0, 0.1) is 22.7 Å². The van der Waals surface area contributed by atoms with E-state index < -0.39 is 30.0 Å². The minimum atomic E-state index is -4.87. The molecule has 0 spiro atoms. The van der Waals surface area contributed by atoms with Crippen LogP contribution in [0.2, 0.25) is 0 Å². The third-order valence-electron chi connectivity index (χ3n) is 3.28. The summed E-state index contributed by atoms with van der Waals surface area (Å²) in [4.78, 5) is 1.40. The largest absolute Gasteiger partial charge is 0.417 e. The Kier molecular flexibility index (Phi) is 5.47. The van der Waals surface area contributed by atoms with Gasteiger partial charge in [0.05, 0.1) is 23.7 Å². The third kappa shape index (κ3) is 4.90. The van der Waals surface area contributed by atoms with Crippen molar-refractivity contribution < 1.29 is 26.3 Å². The number of hydrogen-bond acceptors (Lipinski definition) is 4. The Morgan fingerprint density at radius 1 is 0.962 bits per heavy atom. The quantitative estimate of drug-likeness (QED) is 0.686. The summed E-state index contributed by atoms with van der Waals surface area (Å²) in [5, 5.41) is 17.6. The highest BCUT2D eigenvalue weighted by molar-refractivity contribution is 7.12. The average molecular weight is 389 g/mol. The van der Waals surface area contributed by atoms with E-state index in [9.17, 15) is 26.3 Å². The molecule has 10 heteroatoms. The van der Waals surface area contributed by atoms with E-state index in [4.69, 9.17) is 10.5 Å². The topological polar surface area (TPSA) is 50.8 Å². The van der Waals surface area contributed by atoms with Crippen molar-refractivity contribution in [3.05, 3.63) is 51.2 Å². The normalized spacial score (nSPS) is 11.7. The molecule has 1 aromatic carbocycles. The van der Waals surface area contributed by atoms with Crippen molar-refractivity contribution in [1.82, 2.24) is 0 Å². The molecule has 2 aromatic rings. The number of nitriles is 2. The van der Waals surface area contributed by atoms with E-state index in [0.717, 1.165) is 28.4 Å². The van der Waals surface area contributed by atoms with Crippen molar-refractivity contribution >= 4 is 17.0 Å². The highest BCUT2D eigenvalue weighted by Gasteiger charge is 2.36. The van der Waals surface area contributed by atoms with E-state index in [-0.39, 0.29) is 17.1 Å². The van der Waals surface area contributed by atoms with Gasteiger partial charge in [0.1, 0.15) is 17.5 Å². The van der Waals surface area contributed by atoms with E-state index in [0.29, 0.717) is 10.9 Å². The molecule has 0 atom stereocenters. The summed E-state index contributed by atoms with van der Waals surface area (Å²) in [5.41, 5.74) is -2.29. The van der Waals surface area contributed by atoms with Gasteiger partial charge in [0.15, 0.2) is 0 Å². The Hall–Kier alpha value is -2.72. The second-order valence-corrected chi connectivity index (χ2v) is 6.36. The Bertz CT molecular complexity index is 870. The fourth-order valence-electron chi connectivity index (χ4n) is 2.23. The first kappa shape index (κ1) is 19.6. The summed E-state index contributed by atoms with van der Waals surface area (Å²) in [5.74, 6) is 0. The Morgan fingerprint density at radius 3 is 2.15 bits per heavy atom. The molecule has 1 heterocycles. The Balaban J connectivity index is 2.45. The van der Waals surface area contributed by atoms with Crippen molar-refractivity contribution in [2.24, 2.45) is 0 Å². The molecule has 3 nitrogen and oxygen atoms in total. The molecular formula is C16H9F6N3S. The highest BCUT2D eigenvalue weighted by Crippen LogP contribution is 2.35. The van der Waals surface area contributed by atoms with E-state index in [1.807, 2.05) is 6.07 Å². The summed E-state index contributed by atoms with van der Waals surface area (Å²) in [6, 6.07) is 8.51. The molecule has 0 aliphatic heterocycles. The van der Waals surface area contributed by atoms with Crippen molar-refractivity contribution in [3.63, 3.8) is 0 Å². The van der Waals surface area contributed by atoms with E-state index in [1.54, 1.807) is 0 Å². The minimum absolute atomic E-state index is 0.280. The molecule has 0 aliphatic rings. The van der Waals surface area contributed by atoms with Gasteiger partial charge in [-0.2, -0.15) is 36.9 Å². The summed E-state index contributed by atoms with van der Waals surface area (Å²) in [6.07, 6.45) is -9.52. The number of thiophene rings is 1. The van der Waals surface area contributed by atoms with E-state index >= 15 is 0 Å². The van der Waals surface area contributed by atoms with Crippen LogP contribution in [0.15, 0.2) is 30.3 Å². The lowest BCUT2D eigenvalue weighted by molar-refractivity contribution is -0.137. The molecule has 0 N–H and O–H groups in total. The molecule has 0 unspecified atom stereocenters. The first-order valence-electron chi connectivity index (χ1n) is 6.95. The maximum Gasteiger partial charge on any atom is 0.417 e. The van der Waals surface area contributed by atoms with Crippen LogP contribution in [0.3, 0.4) is 0 Å². The number of benzene rings is 1. The zero-order chi connectivity index (χ0) is 19.5. The first-order chi connectivity index (χ1) is 12.0. The first-order valence-corrected chi connectivity index (χ1v) is 7.77. The molecule has 0 fully saturated rings. The molecule has 1 aromatic heterocycles. The van der Waals surface area contributed by atoms with Crippen LogP contribution in [0.5, 0.6) is 0 Å². The Labute approximate surface area is 148 Å². The fourth-order valence-corrected chi connectivity index (χ4v) is 3.05. The predicted molar refractivity (Wildman–Crippen MR) is 82.3 cm³/mol. The van der Waals surface area contributed by atoms with Gasteiger partial charge >= 0.3 is 12.4 Å². The molecule has 0 amide bonds. The molecule has 2 rings (SSSR count). The maximum absolute atomic E-state index is 13.1. The van der Waals surface area contributed by atoms with Crippen LogP contribution in [0.4, 0.5) is 32.0 Å². The molecule has 136 valence electrons. The van der Waals surface area contributed by atoms with Crippen LogP contribution in [0.25, 0.3) is 0 Å². The summed E-state index contributed by atoms with van der Waals surface area (Å²) >= 11 is 0.955. The van der Waals surface area contributed by atoms with E-state index in [2.05, 4.69) is 0 Å². The van der Waals surface area contributed by atoms with Gasteiger partial charge in [-0.25, -0.2) is 0 Å². The molecular weight excluding hydrogens is 380 g/mol. The fraction of sp³-hybridized carbons (Fsp3) is 0.250. The highest BCUT2D eigenvalue weighted by atomic mass is 32.1. The lowest BCUT2D eigenvalue weighted by atomic mass is 10.1. The zero-order valence-corrected chi connectivity index (χ0v) is 13.6. The second kappa shape index (κ2) is 7.26. The van der Waals surface area contributed by atoms with Crippen LogP contribution in [0.1, 0.15) is 20.9 Å². The monoisotopic (exact) mass is 389 g/mol. The zero-order valence-electron chi connectivity index (χ0n) is 12.8.